The van der Waals surface area contributed by atoms with Crippen LogP contribution in [0.4, 0.5) is 0 Å². The topological polar surface area (TPSA) is 46.3 Å². The molecule has 1 aliphatic heterocycles. The third-order valence-corrected chi connectivity index (χ3v) is 4.24. The molecular formula is C12H21ClN2O. The van der Waals surface area contributed by atoms with Gasteiger partial charge in [0.05, 0.1) is 0 Å². The summed E-state index contributed by atoms with van der Waals surface area (Å²) in [6.45, 7) is 1.79. The average Bonchev–Trinajstić information content (AvgIpc) is 3.09. The molecule has 0 aromatic carbocycles. The normalized spacial score (nSPS) is 34.4. The SMILES string of the molecule is Cl.NC1CCN(C(=O)C2CC2C2CC2)CC1. The Balaban J connectivity index is 0.000000963. The fourth-order valence-electron chi connectivity index (χ4n) is 2.90. The van der Waals surface area contributed by atoms with Crippen molar-refractivity contribution in [3.05, 3.63) is 0 Å². The van der Waals surface area contributed by atoms with Gasteiger partial charge in [0.25, 0.3) is 0 Å². The zero-order valence-electron chi connectivity index (χ0n) is 9.60. The molecule has 0 aromatic rings. The lowest BCUT2D eigenvalue weighted by Gasteiger charge is -2.30. The molecule has 2 atom stereocenters. The molecule has 16 heavy (non-hydrogen) atoms. The minimum absolute atomic E-state index is 0. The molecule has 3 rings (SSSR count). The summed E-state index contributed by atoms with van der Waals surface area (Å²) in [7, 11) is 0. The number of carbonyl (C=O) groups is 1. The Bertz CT molecular complexity index is 272. The first-order valence-electron chi connectivity index (χ1n) is 6.30. The molecule has 2 unspecified atom stereocenters. The van der Waals surface area contributed by atoms with E-state index in [9.17, 15) is 4.79 Å². The van der Waals surface area contributed by atoms with E-state index in [2.05, 4.69) is 4.90 Å². The van der Waals surface area contributed by atoms with Gasteiger partial charge in [-0.2, -0.15) is 0 Å². The Hall–Kier alpha value is -0.280. The Kier molecular flexibility index (Phi) is 3.45. The highest BCUT2D eigenvalue weighted by Gasteiger charge is 2.52. The first-order chi connectivity index (χ1) is 7.25. The zero-order valence-corrected chi connectivity index (χ0v) is 10.4. The van der Waals surface area contributed by atoms with Crippen LogP contribution < -0.4 is 5.73 Å². The minimum Gasteiger partial charge on any atom is -0.342 e. The van der Waals surface area contributed by atoms with E-state index in [1.165, 1.54) is 19.3 Å². The smallest absolute Gasteiger partial charge is 0.225 e. The van der Waals surface area contributed by atoms with Crippen LogP contribution in [-0.2, 0) is 4.79 Å². The van der Waals surface area contributed by atoms with Crippen LogP contribution in [0.2, 0.25) is 0 Å². The summed E-state index contributed by atoms with van der Waals surface area (Å²) in [4.78, 5) is 14.1. The van der Waals surface area contributed by atoms with E-state index >= 15 is 0 Å². The highest BCUT2D eigenvalue weighted by molar-refractivity contribution is 5.85. The van der Waals surface area contributed by atoms with Crippen molar-refractivity contribution in [3.63, 3.8) is 0 Å². The first kappa shape index (κ1) is 12.2. The summed E-state index contributed by atoms with van der Waals surface area (Å²) >= 11 is 0. The van der Waals surface area contributed by atoms with Crippen LogP contribution in [0, 0.1) is 17.8 Å². The molecule has 1 amide bonds. The average molecular weight is 245 g/mol. The molecule has 3 fully saturated rings. The van der Waals surface area contributed by atoms with Gasteiger partial charge in [-0.25, -0.2) is 0 Å². The maximum absolute atomic E-state index is 12.1. The zero-order chi connectivity index (χ0) is 10.4. The Labute approximate surface area is 103 Å². The molecular weight excluding hydrogens is 224 g/mol. The number of likely N-dealkylation sites (tertiary alicyclic amines) is 1. The number of hydrogen-bond acceptors (Lipinski definition) is 2. The van der Waals surface area contributed by atoms with Gasteiger partial charge in [0, 0.05) is 25.0 Å². The van der Waals surface area contributed by atoms with Crippen LogP contribution in [0.3, 0.4) is 0 Å². The van der Waals surface area contributed by atoms with E-state index in [0.717, 1.165) is 37.8 Å². The summed E-state index contributed by atoms with van der Waals surface area (Å²) < 4.78 is 0. The van der Waals surface area contributed by atoms with Crippen molar-refractivity contribution < 1.29 is 4.79 Å². The molecule has 3 aliphatic rings. The second kappa shape index (κ2) is 4.53. The molecule has 4 heteroatoms. The Morgan fingerprint density at radius 2 is 1.75 bits per heavy atom. The van der Waals surface area contributed by atoms with Gasteiger partial charge in [-0.1, -0.05) is 0 Å². The lowest BCUT2D eigenvalue weighted by Crippen LogP contribution is -2.43. The molecule has 2 saturated carbocycles. The summed E-state index contributed by atoms with van der Waals surface area (Å²) in [5, 5.41) is 0. The second-order valence-corrected chi connectivity index (χ2v) is 5.51. The van der Waals surface area contributed by atoms with E-state index in [4.69, 9.17) is 5.73 Å². The number of rotatable bonds is 2. The monoisotopic (exact) mass is 244 g/mol. The standard InChI is InChI=1S/C12H20N2O.ClH/c13-9-3-5-14(6-4-9)12(15)11-7-10(11)8-1-2-8;/h8-11H,1-7,13H2;1H. The van der Waals surface area contributed by atoms with Crippen LogP contribution in [0.15, 0.2) is 0 Å². The van der Waals surface area contributed by atoms with Crippen LogP contribution in [0.5, 0.6) is 0 Å². The molecule has 2 N–H and O–H groups in total. The van der Waals surface area contributed by atoms with Crippen molar-refractivity contribution in [2.24, 2.45) is 23.5 Å². The molecule has 0 radical (unpaired) electrons. The van der Waals surface area contributed by atoms with Gasteiger partial charge in [0.1, 0.15) is 0 Å². The van der Waals surface area contributed by atoms with Gasteiger partial charge in [-0.3, -0.25) is 4.79 Å². The van der Waals surface area contributed by atoms with Crippen molar-refractivity contribution in [2.75, 3.05) is 13.1 Å². The molecule has 92 valence electrons. The van der Waals surface area contributed by atoms with Crippen molar-refractivity contribution in [1.82, 2.24) is 4.90 Å². The molecule has 3 nitrogen and oxygen atoms in total. The molecule has 0 aromatic heterocycles. The Morgan fingerprint density at radius 1 is 1.12 bits per heavy atom. The van der Waals surface area contributed by atoms with E-state index < -0.39 is 0 Å². The fraction of sp³-hybridized carbons (Fsp3) is 0.917. The van der Waals surface area contributed by atoms with Crippen LogP contribution >= 0.6 is 12.4 Å². The fourth-order valence-corrected chi connectivity index (χ4v) is 2.90. The number of amides is 1. The minimum atomic E-state index is 0. The summed E-state index contributed by atoms with van der Waals surface area (Å²) in [5.41, 5.74) is 5.84. The van der Waals surface area contributed by atoms with Gasteiger partial charge >= 0.3 is 0 Å². The Morgan fingerprint density at radius 3 is 2.31 bits per heavy atom. The first-order valence-corrected chi connectivity index (χ1v) is 6.30. The third-order valence-electron chi connectivity index (χ3n) is 4.24. The van der Waals surface area contributed by atoms with Crippen molar-refractivity contribution in [2.45, 2.75) is 38.1 Å². The van der Waals surface area contributed by atoms with E-state index in [1.807, 2.05) is 0 Å². The number of piperidine rings is 1. The lowest BCUT2D eigenvalue weighted by molar-refractivity contribution is -0.134. The number of nitrogens with zero attached hydrogens (tertiary/aromatic N) is 1. The highest BCUT2D eigenvalue weighted by atomic mass is 35.5. The summed E-state index contributed by atoms with van der Waals surface area (Å²) in [6, 6.07) is 0.326. The number of nitrogens with two attached hydrogens (primary N) is 1. The van der Waals surface area contributed by atoms with Gasteiger partial charge in [-0.15, -0.1) is 12.4 Å². The molecule has 2 aliphatic carbocycles. The van der Waals surface area contributed by atoms with E-state index in [0.29, 0.717) is 17.9 Å². The molecule has 0 spiro atoms. The predicted octanol–water partition coefficient (Wildman–Crippen LogP) is 1.40. The third kappa shape index (κ3) is 2.35. The summed E-state index contributed by atoms with van der Waals surface area (Å²) in [6.07, 6.45) is 5.91. The maximum atomic E-state index is 12.1. The number of carbonyl (C=O) groups excluding carboxylic acids is 1. The van der Waals surface area contributed by atoms with E-state index in [-0.39, 0.29) is 12.4 Å². The van der Waals surface area contributed by atoms with Gasteiger partial charge < -0.3 is 10.6 Å². The molecule has 1 heterocycles. The highest BCUT2D eigenvalue weighted by Crippen LogP contribution is 2.54. The van der Waals surface area contributed by atoms with Crippen LogP contribution in [0.25, 0.3) is 0 Å². The van der Waals surface area contributed by atoms with Gasteiger partial charge in [0.15, 0.2) is 0 Å². The van der Waals surface area contributed by atoms with Crippen LogP contribution in [-0.4, -0.2) is 29.9 Å². The quantitative estimate of drug-likeness (QED) is 0.798. The van der Waals surface area contributed by atoms with Gasteiger partial charge in [-0.05, 0) is 43.9 Å². The number of halogens is 1. The number of hydrogen-bond donors (Lipinski definition) is 1. The maximum Gasteiger partial charge on any atom is 0.225 e. The molecule has 0 bridgehead atoms. The van der Waals surface area contributed by atoms with Gasteiger partial charge in [0.2, 0.25) is 5.91 Å². The van der Waals surface area contributed by atoms with E-state index in [1.54, 1.807) is 0 Å². The van der Waals surface area contributed by atoms with Crippen molar-refractivity contribution >= 4 is 18.3 Å². The molecule has 1 saturated heterocycles. The van der Waals surface area contributed by atoms with Crippen molar-refractivity contribution in [3.8, 4) is 0 Å². The predicted molar refractivity (Wildman–Crippen MR) is 65.4 cm³/mol. The summed E-state index contributed by atoms with van der Waals surface area (Å²) in [5.74, 6) is 2.49. The van der Waals surface area contributed by atoms with Crippen LogP contribution in [0.1, 0.15) is 32.1 Å². The lowest BCUT2D eigenvalue weighted by atomic mass is 10.1. The second-order valence-electron chi connectivity index (χ2n) is 5.51. The largest absolute Gasteiger partial charge is 0.342 e. The van der Waals surface area contributed by atoms with Crippen molar-refractivity contribution in [1.29, 1.82) is 0 Å².